The number of ether oxygens (including phenoxy) is 1. The van der Waals surface area contributed by atoms with Crippen molar-refractivity contribution in [3.05, 3.63) is 60.4 Å². The van der Waals surface area contributed by atoms with Crippen molar-refractivity contribution in [1.82, 2.24) is 14.5 Å². The van der Waals surface area contributed by atoms with Gasteiger partial charge in [0.05, 0.1) is 11.0 Å². The lowest BCUT2D eigenvalue weighted by molar-refractivity contribution is -0.132. The van der Waals surface area contributed by atoms with Gasteiger partial charge < -0.3 is 19.9 Å². The van der Waals surface area contributed by atoms with E-state index in [9.17, 15) is 4.79 Å². The second-order valence-electron chi connectivity index (χ2n) is 6.29. The topological polar surface area (TPSA) is 73.4 Å². The van der Waals surface area contributed by atoms with Crippen LogP contribution in [0, 0.1) is 0 Å². The Labute approximate surface area is 177 Å². The number of aromatic nitrogens is 2. The van der Waals surface area contributed by atoms with E-state index in [1.165, 1.54) is 0 Å². The van der Waals surface area contributed by atoms with Crippen LogP contribution < -0.4 is 10.5 Å². The molecule has 0 spiro atoms. The Morgan fingerprint density at radius 3 is 2.46 bits per heavy atom. The van der Waals surface area contributed by atoms with Crippen molar-refractivity contribution in [3.8, 4) is 5.75 Å². The SMILES string of the molecule is CC(CN)N(C)C(=O)Cn1c(COc2ccccc2)nc2ccccc21.Cl.Cl. The van der Waals surface area contributed by atoms with Crippen molar-refractivity contribution in [1.29, 1.82) is 0 Å². The van der Waals surface area contributed by atoms with Gasteiger partial charge in [-0.1, -0.05) is 30.3 Å². The van der Waals surface area contributed by atoms with E-state index in [1.807, 2.05) is 66.1 Å². The molecule has 6 nitrogen and oxygen atoms in total. The van der Waals surface area contributed by atoms with Gasteiger partial charge in [0, 0.05) is 19.6 Å². The van der Waals surface area contributed by atoms with Crippen LogP contribution in [0.4, 0.5) is 0 Å². The maximum Gasteiger partial charge on any atom is 0.242 e. The van der Waals surface area contributed by atoms with Gasteiger partial charge in [-0.25, -0.2) is 4.98 Å². The first-order valence-electron chi connectivity index (χ1n) is 8.68. The van der Waals surface area contributed by atoms with Crippen molar-refractivity contribution in [2.75, 3.05) is 13.6 Å². The van der Waals surface area contributed by atoms with Gasteiger partial charge in [0.1, 0.15) is 24.7 Å². The van der Waals surface area contributed by atoms with Crippen LogP contribution in [0.5, 0.6) is 5.75 Å². The van der Waals surface area contributed by atoms with Crippen LogP contribution in [0.15, 0.2) is 54.6 Å². The van der Waals surface area contributed by atoms with Gasteiger partial charge in [0.2, 0.25) is 5.91 Å². The normalized spacial score (nSPS) is 11.2. The molecule has 3 rings (SSSR count). The first kappa shape index (κ1) is 23.8. The summed E-state index contributed by atoms with van der Waals surface area (Å²) in [6.45, 7) is 2.86. The van der Waals surface area contributed by atoms with Gasteiger partial charge in [-0.05, 0) is 31.2 Å². The third kappa shape index (κ3) is 5.38. The Hall–Kier alpha value is -2.28. The molecule has 1 aromatic heterocycles. The molecule has 1 atom stereocenters. The second-order valence-corrected chi connectivity index (χ2v) is 6.29. The van der Waals surface area contributed by atoms with Crippen molar-refractivity contribution in [2.45, 2.75) is 26.1 Å². The van der Waals surface area contributed by atoms with Gasteiger partial charge in [0.15, 0.2) is 0 Å². The maximum atomic E-state index is 12.7. The number of para-hydroxylation sites is 3. The number of hydrogen-bond acceptors (Lipinski definition) is 4. The average Bonchev–Trinajstić information content (AvgIpc) is 3.03. The summed E-state index contributed by atoms with van der Waals surface area (Å²) in [6.07, 6.45) is 0. The number of benzene rings is 2. The number of carbonyl (C=O) groups is 1. The van der Waals surface area contributed by atoms with Crippen LogP contribution in [-0.4, -0.2) is 40.0 Å². The number of imidazole rings is 1. The van der Waals surface area contributed by atoms with Crippen LogP contribution >= 0.6 is 24.8 Å². The van der Waals surface area contributed by atoms with Gasteiger partial charge >= 0.3 is 0 Å². The zero-order valence-corrected chi connectivity index (χ0v) is 17.6. The molecule has 0 fully saturated rings. The molecule has 0 radical (unpaired) electrons. The number of halogens is 2. The fraction of sp³-hybridized carbons (Fsp3) is 0.300. The van der Waals surface area contributed by atoms with Gasteiger partial charge in [-0.15, -0.1) is 24.8 Å². The lowest BCUT2D eigenvalue weighted by Crippen LogP contribution is -2.41. The minimum atomic E-state index is -0.0127. The predicted molar refractivity (Wildman–Crippen MR) is 116 cm³/mol. The summed E-state index contributed by atoms with van der Waals surface area (Å²) in [6, 6.07) is 17.4. The molecule has 0 bridgehead atoms. The summed E-state index contributed by atoms with van der Waals surface area (Å²) >= 11 is 0. The number of fused-ring (bicyclic) bond motifs is 1. The van der Waals surface area contributed by atoms with Crippen LogP contribution in [0.1, 0.15) is 12.7 Å². The molecule has 2 N–H and O–H groups in total. The Kier molecular flexibility index (Phi) is 9.25. The number of hydrogen-bond donors (Lipinski definition) is 1. The maximum absolute atomic E-state index is 12.7. The first-order valence-corrected chi connectivity index (χ1v) is 8.68. The summed E-state index contributed by atoms with van der Waals surface area (Å²) < 4.78 is 7.76. The van der Waals surface area contributed by atoms with Gasteiger partial charge in [-0.3, -0.25) is 4.79 Å². The van der Waals surface area contributed by atoms with E-state index in [0.717, 1.165) is 22.6 Å². The van der Waals surface area contributed by atoms with Gasteiger partial charge in [-0.2, -0.15) is 0 Å². The first-order chi connectivity index (χ1) is 12.6. The summed E-state index contributed by atoms with van der Waals surface area (Å²) in [5.41, 5.74) is 7.45. The van der Waals surface area contributed by atoms with E-state index in [4.69, 9.17) is 10.5 Å². The molecule has 0 saturated heterocycles. The summed E-state index contributed by atoms with van der Waals surface area (Å²) in [5, 5.41) is 0. The van der Waals surface area contributed by atoms with Gasteiger partial charge in [0.25, 0.3) is 0 Å². The van der Waals surface area contributed by atoms with Crippen LogP contribution in [0.3, 0.4) is 0 Å². The fourth-order valence-electron chi connectivity index (χ4n) is 2.73. The quantitative estimate of drug-likeness (QED) is 0.631. The third-order valence-corrected chi connectivity index (χ3v) is 4.53. The van der Waals surface area contributed by atoms with E-state index < -0.39 is 0 Å². The summed E-state index contributed by atoms with van der Waals surface area (Å²) in [5.74, 6) is 1.48. The van der Waals surface area contributed by atoms with Crippen LogP contribution in [-0.2, 0) is 17.9 Å². The largest absolute Gasteiger partial charge is 0.486 e. The Balaban J connectivity index is 0.00000196. The van der Waals surface area contributed by atoms with E-state index in [0.29, 0.717) is 13.2 Å². The van der Waals surface area contributed by atoms with Crippen LogP contribution in [0.25, 0.3) is 11.0 Å². The van der Waals surface area contributed by atoms with Crippen LogP contribution in [0.2, 0.25) is 0 Å². The summed E-state index contributed by atoms with van der Waals surface area (Å²) in [4.78, 5) is 19.0. The number of rotatable bonds is 7. The standard InChI is InChI=1S/C20H24N4O2.2ClH/c1-15(12-21)23(2)20(25)13-24-18-11-7-6-10-17(18)22-19(24)14-26-16-8-4-3-5-9-16;;/h3-11,15H,12-14,21H2,1-2H3;2*1H. The molecule has 0 aliphatic heterocycles. The van der Waals surface area contributed by atoms with Crippen molar-refractivity contribution in [3.63, 3.8) is 0 Å². The third-order valence-electron chi connectivity index (χ3n) is 4.53. The molecule has 152 valence electrons. The second kappa shape index (κ2) is 10.9. The zero-order valence-electron chi connectivity index (χ0n) is 15.9. The minimum absolute atomic E-state index is 0. The van der Waals surface area contributed by atoms with Crippen molar-refractivity contribution in [2.24, 2.45) is 5.73 Å². The minimum Gasteiger partial charge on any atom is -0.486 e. The Morgan fingerprint density at radius 2 is 1.79 bits per heavy atom. The molecule has 0 saturated carbocycles. The number of likely N-dealkylation sites (N-methyl/N-ethyl adjacent to an activating group) is 1. The molecule has 28 heavy (non-hydrogen) atoms. The number of nitrogens with two attached hydrogens (primary N) is 1. The predicted octanol–water partition coefficient (Wildman–Crippen LogP) is 3.26. The van der Waals surface area contributed by atoms with Crippen molar-refractivity contribution >= 4 is 41.8 Å². The lowest BCUT2D eigenvalue weighted by Gasteiger charge is -2.24. The van der Waals surface area contributed by atoms with E-state index in [1.54, 1.807) is 11.9 Å². The molecule has 0 aliphatic rings. The highest BCUT2D eigenvalue weighted by molar-refractivity contribution is 5.85. The average molecular weight is 425 g/mol. The smallest absolute Gasteiger partial charge is 0.242 e. The molecule has 2 aromatic carbocycles. The molecule has 1 unspecified atom stereocenters. The zero-order chi connectivity index (χ0) is 18.5. The molecular formula is C20H26Cl2N4O2. The van der Waals surface area contributed by atoms with E-state index in [-0.39, 0.29) is 43.3 Å². The highest BCUT2D eigenvalue weighted by atomic mass is 35.5. The number of nitrogens with zero attached hydrogens (tertiary/aromatic N) is 3. The Morgan fingerprint density at radius 1 is 1.14 bits per heavy atom. The highest BCUT2D eigenvalue weighted by Crippen LogP contribution is 2.18. The molecule has 3 aromatic rings. The summed E-state index contributed by atoms with van der Waals surface area (Å²) in [7, 11) is 1.78. The van der Waals surface area contributed by atoms with E-state index in [2.05, 4.69) is 4.98 Å². The van der Waals surface area contributed by atoms with Crippen molar-refractivity contribution < 1.29 is 9.53 Å². The number of amides is 1. The van der Waals surface area contributed by atoms with E-state index >= 15 is 0 Å². The monoisotopic (exact) mass is 424 g/mol. The molecule has 8 heteroatoms. The number of carbonyl (C=O) groups excluding carboxylic acids is 1. The fourth-order valence-corrected chi connectivity index (χ4v) is 2.73. The highest BCUT2D eigenvalue weighted by Gasteiger charge is 2.19. The molecule has 1 amide bonds. The molecule has 0 aliphatic carbocycles. The molecule has 1 heterocycles. The molecular weight excluding hydrogens is 399 g/mol. The Bertz CT molecular complexity index is 886. The lowest BCUT2D eigenvalue weighted by atomic mass is 10.3.